The monoisotopic (exact) mass is 281 g/mol. The van der Waals surface area contributed by atoms with E-state index in [4.69, 9.17) is 10.4 Å². The molecule has 0 saturated carbocycles. The third-order valence-electron chi connectivity index (χ3n) is 2.01. The van der Waals surface area contributed by atoms with Gasteiger partial charge in [-0.1, -0.05) is 15.9 Å². The van der Waals surface area contributed by atoms with Crippen LogP contribution in [0.5, 0.6) is 0 Å². The average Bonchev–Trinajstić information content (AvgIpc) is 2.26. The molecule has 0 aliphatic carbocycles. The number of benzene rings is 1. The molecule has 5 heteroatoms. The second-order valence-corrected chi connectivity index (χ2v) is 4.53. The largest absolute Gasteiger partial charge is 0.478 e. The van der Waals surface area contributed by atoms with E-state index in [-0.39, 0.29) is 22.5 Å². The molecule has 0 radical (unpaired) electrons. The minimum absolute atomic E-state index is 0.107. The summed E-state index contributed by atoms with van der Waals surface area (Å²) < 4.78 is 0. The Morgan fingerprint density at radius 1 is 1.44 bits per heavy atom. The van der Waals surface area contributed by atoms with E-state index in [9.17, 15) is 9.59 Å². The number of carboxylic acid groups (broad SMARTS) is 1. The highest BCUT2D eigenvalue weighted by molar-refractivity contribution is 9.10. The highest BCUT2D eigenvalue weighted by Crippen LogP contribution is 2.16. The van der Waals surface area contributed by atoms with E-state index in [1.807, 2.05) is 6.07 Å². The molecule has 4 nitrogen and oxygen atoms in total. The number of hydrogen-bond acceptors (Lipinski definition) is 3. The van der Waals surface area contributed by atoms with Gasteiger partial charge in [-0.05, 0) is 25.1 Å². The van der Waals surface area contributed by atoms with E-state index in [1.165, 1.54) is 18.2 Å². The number of nitriles is 1. The van der Waals surface area contributed by atoms with Gasteiger partial charge in [0.15, 0.2) is 5.78 Å². The minimum Gasteiger partial charge on any atom is -0.478 e. The summed E-state index contributed by atoms with van der Waals surface area (Å²) in [6.07, 6.45) is 0. The summed E-state index contributed by atoms with van der Waals surface area (Å²) in [4.78, 5) is 22.2. The number of nitrogens with zero attached hydrogens (tertiary/aromatic N) is 1. The average molecular weight is 282 g/mol. The van der Waals surface area contributed by atoms with Gasteiger partial charge >= 0.3 is 5.97 Å². The molecule has 0 heterocycles. The molecule has 0 bridgehead atoms. The smallest absolute Gasteiger partial charge is 0.336 e. The molecule has 0 spiro atoms. The van der Waals surface area contributed by atoms with Crippen molar-refractivity contribution in [2.75, 3.05) is 0 Å². The first-order valence-corrected chi connectivity index (χ1v) is 5.34. The topological polar surface area (TPSA) is 78.2 Å². The summed E-state index contributed by atoms with van der Waals surface area (Å²) in [6, 6.07) is 5.82. The zero-order chi connectivity index (χ0) is 12.3. The Morgan fingerprint density at radius 3 is 2.50 bits per heavy atom. The summed E-state index contributed by atoms with van der Waals surface area (Å²) >= 11 is 3.09. The maximum Gasteiger partial charge on any atom is 0.336 e. The summed E-state index contributed by atoms with van der Waals surface area (Å²) in [5.41, 5.74) is 0.183. The van der Waals surface area contributed by atoms with Crippen LogP contribution in [-0.4, -0.2) is 21.7 Å². The normalized spacial score (nSPS) is 11.6. The maximum absolute atomic E-state index is 11.7. The lowest BCUT2D eigenvalue weighted by Crippen LogP contribution is -2.15. The second-order valence-electron chi connectivity index (χ2n) is 3.16. The van der Waals surface area contributed by atoms with Gasteiger partial charge in [0.25, 0.3) is 0 Å². The number of ketones is 1. The van der Waals surface area contributed by atoms with Crippen LogP contribution in [0.4, 0.5) is 0 Å². The van der Waals surface area contributed by atoms with E-state index in [0.717, 1.165) is 0 Å². The van der Waals surface area contributed by atoms with Gasteiger partial charge in [-0.2, -0.15) is 5.26 Å². The van der Waals surface area contributed by atoms with Crippen LogP contribution in [0.2, 0.25) is 0 Å². The van der Waals surface area contributed by atoms with Gasteiger partial charge in [-0.15, -0.1) is 0 Å². The van der Waals surface area contributed by atoms with E-state index >= 15 is 0 Å². The SMILES string of the molecule is CC(Br)C(=O)c1ccc(C#N)cc1C(=O)O. The maximum atomic E-state index is 11.7. The van der Waals surface area contributed by atoms with Crippen molar-refractivity contribution in [1.82, 2.24) is 0 Å². The molecule has 1 N–H and O–H groups in total. The molecule has 0 aliphatic heterocycles. The van der Waals surface area contributed by atoms with Gasteiger partial charge < -0.3 is 5.11 Å². The van der Waals surface area contributed by atoms with Crippen molar-refractivity contribution in [3.05, 3.63) is 34.9 Å². The fourth-order valence-electron chi connectivity index (χ4n) is 1.22. The molecule has 0 aliphatic rings. The van der Waals surface area contributed by atoms with Crippen molar-refractivity contribution in [2.45, 2.75) is 11.8 Å². The number of alkyl halides is 1. The van der Waals surface area contributed by atoms with Crippen LogP contribution in [0.15, 0.2) is 18.2 Å². The number of carbonyl (C=O) groups is 2. The van der Waals surface area contributed by atoms with Crippen LogP contribution in [0.1, 0.15) is 33.2 Å². The molecule has 1 aromatic carbocycles. The first kappa shape index (κ1) is 12.4. The molecule has 0 amide bonds. The number of hydrogen-bond donors (Lipinski definition) is 1. The molecule has 0 aromatic heterocycles. The van der Waals surface area contributed by atoms with Crippen LogP contribution in [0.3, 0.4) is 0 Å². The number of halogens is 1. The highest BCUT2D eigenvalue weighted by atomic mass is 79.9. The molecule has 16 heavy (non-hydrogen) atoms. The molecule has 1 unspecified atom stereocenters. The predicted octanol–water partition coefficient (Wildman–Crippen LogP) is 2.22. The van der Waals surface area contributed by atoms with E-state index in [2.05, 4.69) is 15.9 Å². The second kappa shape index (κ2) is 4.90. The first-order valence-electron chi connectivity index (χ1n) is 4.43. The Labute approximate surface area is 101 Å². The Morgan fingerprint density at radius 2 is 2.06 bits per heavy atom. The van der Waals surface area contributed by atoms with Gasteiger partial charge in [0.1, 0.15) is 0 Å². The van der Waals surface area contributed by atoms with Crippen LogP contribution < -0.4 is 0 Å². The van der Waals surface area contributed by atoms with Crippen molar-refractivity contribution >= 4 is 27.7 Å². The quantitative estimate of drug-likeness (QED) is 0.681. The molecular weight excluding hydrogens is 274 g/mol. The Balaban J connectivity index is 3.35. The van der Waals surface area contributed by atoms with E-state index in [1.54, 1.807) is 6.92 Å². The van der Waals surface area contributed by atoms with Crippen molar-refractivity contribution in [3.8, 4) is 6.07 Å². The number of Topliss-reactive ketones (excluding diaryl/α,β-unsaturated/α-hetero) is 1. The van der Waals surface area contributed by atoms with Crippen molar-refractivity contribution in [2.24, 2.45) is 0 Å². The zero-order valence-electron chi connectivity index (χ0n) is 8.40. The summed E-state index contributed by atoms with van der Waals surface area (Å²) in [7, 11) is 0. The summed E-state index contributed by atoms with van der Waals surface area (Å²) in [6.45, 7) is 1.62. The standard InChI is InChI=1S/C11H8BrNO3/c1-6(12)10(14)8-3-2-7(5-13)4-9(8)11(15)16/h2-4,6H,1H3,(H,15,16). The van der Waals surface area contributed by atoms with E-state index in [0.29, 0.717) is 0 Å². The molecule has 1 rings (SSSR count). The number of aromatic carboxylic acids is 1. The third-order valence-corrected chi connectivity index (χ3v) is 2.42. The van der Waals surface area contributed by atoms with Gasteiger partial charge in [-0.25, -0.2) is 4.79 Å². The van der Waals surface area contributed by atoms with E-state index < -0.39 is 10.8 Å². The lowest BCUT2D eigenvalue weighted by Gasteiger charge is -2.06. The lowest BCUT2D eigenvalue weighted by atomic mass is 10.00. The first-order chi connectivity index (χ1) is 7.47. The minimum atomic E-state index is -1.21. The zero-order valence-corrected chi connectivity index (χ0v) is 9.98. The van der Waals surface area contributed by atoms with Crippen LogP contribution in [0.25, 0.3) is 0 Å². The fourth-order valence-corrected chi connectivity index (χ4v) is 1.47. The molecule has 1 atom stereocenters. The molecule has 0 saturated heterocycles. The Hall–Kier alpha value is -1.67. The van der Waals surface area contributed by atoms with Crippen molar-refractivity contribution < 1.29 is 14.7 Å². The Bertz CT molecular complexity index is 488. The molecular formula is C11H8BrNO3. The Kier molecular flexibility index (Phi) is 3.80. The molecule has 0 fully saturated rings. The lowest BCUT2D eigenvalue weighted by molar-refractivity contribution is 0.0692. The summed E-state index contributed by atoms with van der Waals surface area (Å²) in [5, 5.41) is 17.6. The van der Waals surface area contributed by atoms with Crippen molar-refractivity contribution in [1.29, 1.82) is 5.26 Å². The van der Waals surface area contributed by atoms with Gasteiger partial charge in [0.2, 0.25) is 0 Å². The number of carbonyl (C=O) groups excluding carboxylic acids is 1. The third kappa shape index (κ3) is 2.47. The van der Waals surface area contributed by atoms with Gasteiger partial charge in [-0.3, -0.25) is 4.79 Å². The highest BCUT2D eigenvalue weighted by Gasteiger charge is 2.20. The fraction of sp³-hybridized carbons (Fsp3) is 0.182. The summed E-state index contributed by atoms with van der Waals surface area (Å²) in [5.74, 6) is -1.53. The van der Waals surface area contributed by atoms with Crippen LogP contribution >= 0.6 is 15.9 Å². The number of carboxylic acids is 1. The van der Waals surface area contributed by atoms with Crippen LogP contribution in [-0.2, 0) is 0 Å². The number of rotatable bonds is 3. The molecule has 1 aromatic rings. The van der Waals surface area contributed by atoms with Gasteiger partial charge in [0, 0.05) is 5.56 Å². The molecule has 82 valence electrons. The van der Waals surface area contributed by atoms with Gasteiger partial charge in [0.05, 0.1) is 22.0 Å². The predicted molar refractivity (Wildman–Crippen MR) is 60.8 cm³/mol. The van der Waals surface area contributed by atoms with Crippen molar-refractivity contribution in [3.63, 3.8) is 0 Å². The van der Waals surface area contributed by atoms with Crippen LogP contribution in [0, 0.1) is 11.3 Å².